The van der Waals surface area contributed by atoms with Crippen molar-refractivity contribution in [2.45, 2.75) is 26.7 Å². The van der Waals surface area contributed by atoms with Crippen molar-refractivity contribution in [3.8, 4) is 5.75 Å². The lowest BCUT2D eigenvalue weighted by atomic mass is 10.0. The van der Waals surface area contributed by atoms with E-state index in [1.54, 1.807) is 16.9 Å². The molecule has 0 aliphatic carbocycles. The summed E-state index contributed by atoms with van der Waals surface area (Å²) in [5.74, 6) is 0.256. The van der Waals surface area contributed by atoms with E-state index in [0.29, 0.717) is 31.7 Å². The van der Waals surface area contributed by atoms with Crippen LogP contribution in [0.3, 0.4) is 0 Å². The summed E-state index contributed by atoms with van der Waals surface area (Å²) in [5.41, 5.74) is 2.45. The average molecular weight is 362 g/mol. The van der Waals surface area contributed by atoms with Gasteiger partial charge in [-0.25, -0.2) is 0 Å². The van der Waals surface area contributed by atoms with Gasteiger partial charge < -0.3 is 19.3 Å². The van der Waals surface area contributed by atoms with Crippen LogP contribution in [0.2, 0.25) is 0 Å². The summed E-state index contributed by atoms with van der Waals surface area (Å²) in [5, 5.41) is 0. The minimum Gasteiger partial charge on any atom is -0.496 e. The molecule has 7 nitrogen and oxygen atoms in total. The number of hydrogen-bond acceptors (Lipinski definition) is 5. The lowest BCUT2D eigenvalue weighted by Crippen LogP contribution is -2.50. The lowest BCUT2D eigenvalue weighted by Gasteiger charge is -2.35. The van der Waals surface area contributed by atoms with Gasteiger partial charge in [0, 0.05) is 38.2 Å². The molecule has 1 saturated heterocycles. The van der Waals surface area contributed by atoms with E-state index in [9.17, 15) is 14.4 Å². The molecule has 7 heteroatoms. The van der Waals surface area contributed by atoms with Crippen molar-refractivity contribution in [2.24, 2.45) is 0 Å². The Kier molecular flexibility index (Phi) is 6.60. The van der Waals surface area contributed by atoms with Crippen LogP contribution in [0.1, 0.15) is 34.3 Å². The molecule has 26 heavy (non-hydrogen) atoms. The number of benzene rings is 1. The Morgan fingerprint density at radius 2 is 1.54 bits per heavy atom. The van der Waals surface area contributed by atoms with Crippen molar-refractivity contribution in [1.82, 2.24) is 9.80 Å². The molecule has 2 amide bonds. The third-order valence-corrected chi connectivity index (χ3v) is 4.66. The summed E-state index contributed by atoms with van der Waals surface area (Å²) in [4.78, 5) is 39.6. The molecule has 0 bridgehead atoms. The number of esters is 1. The maximum atomic E-state index is 12.8. The van der Waals surface area contributed by atoms with Gasteiger partial charge in [-0.3, -0.25) is 14.4 Å². The highest BCUT2D eigenvalue weighted by molar-refractivity contribution is 5.96. The maximum absolute atomic E-state index is 12.8. The van der Waals surface area contributed by atoms with Crippen LogP contribution < -0.4 is 4.74 Å². The molecule has 1 aromatic rings. The first-order chi connectivity index (χ1) is 12.4. The molecule has 1 aliphatic rings. The smallest absolute Gasteiger partial charge is 0.306 e. The highest BCUT2D eigenvalue weighted by atomic mass is 16.5. The number of aryl methyl sites for hydroxylation is 2. The number of rotatable bonds is 5. The quantitative estimate of drug-likeness (QED) is 0.743. The molecule has 1 heterocycles. The highest BCUT2D eigenvalue weighted by Gasteiger charge is 2.26. The number of nitrogens with zero attached hydrogens (tertiary/aromatic N) is 2. The Bertz CT molecular complexity index is 693. The summed E-state index contributed by atoms with van der Waals surface area (Å²) in [7, 11) is 2.92. The zero-order valence-electron chi connectivity index (χ0n) is 15.8. The average Bonchev–Trinajstić information content (AvgIpc) is 2.66. The van der Waals surface area contributed by atoms with Crippen molar-refractivity contribution < 1.29 is 23.9 Å². The maximum Gasteiger partial charge on any atom is 0.306 e. The molecule has 1 fully saturated rings. The Labute approximate surface area is 153 Å². The van der Waals surface area contributed by atoms with Crippen LogP contribution in [0.25, 0.3) is 0 Å². The SMILES string of the molecule is COC(=O)CCC(=O)N1CCN(C(=O)c2cc(C)c(OC)cc2C)CC1. The van der Waals surface area contributed by atoms with Crippen molar-refractivity contribution in [2.75, 3.05) is 40.4 Å². The van der Waals surface area contributed by atoms with E-state index in [1.165, 1.54) is 7.11 Å². The first kappa shape index (κ1) is 19.8. The zero-order chi connectivity index (χ0) is 19.3. The number of hydrogen-bond donors (Lipinski definition) is 0. The van der Waals surface area contributed by atoms with Crippen LogP contribution in [0.4, 0.5) is 0 Å². The van der Waals surface area contributed by atoms with Crippen LogP contribution in [0.5, 0.6) is 5.75 Å². The van der Waals surface area contributed by atoms with E-state index in [2.05, 4.69) is 4.74 Å². The van der Waals surface area contributed by atoms with Crippen LogP contribution in [-0.4, -0.2) is 68.0 Å². The van der Waals surface area contributed by atoms with Gasteiger partial charge in [0.05, 0.1) is 20.6 Å². The number of methoxy groups -OCH3 is 2. The molecule has 0 saturated carbocycles. The molecule has 0 N–H and O–H groups in total. The van der Waals surface area contributed by atoms with Gasteiger partial charge >= 0.3 is 5.97 Å². The third-order valence-electron chi connectivity index (χ3n) is 4.66. The predicted octanol–water partition coefficient (Wildman–Crippen LogP) is 1.55. The number of piperazine rings is 1. The fraction of sp³-hybridized carbons (Fsp3) is 0.526. The van der Waals surface area contributed by atoms with E-state index in [0.717, 1.165) is 16.9 Å². The van der Waals surface area contributed by atoms with Crippen molar-refractivity contribution in [3.05, 3.63) is 28.8 Å². The number of carbonyl (C=O) groups is 3. The fourth-order valence-electron chi connectivity index (χ4n) is 3.04. The van der Waals surface area contributed by atoms with Gasteiger partial charge in [0.15, 0.2) is 0 Å². The summed E-state index contributed by atoms with van der Waals surface area (Å²) >= 11 is 0. The summed E-state index contributed by atoms with van der Waals surface area (Å²) in [6.45, 7) is 5.70. The number of amides is 2. The lowest BCUT2D eigenvalue weighted by molar-refractivity contribution is -0.143. The van der Waals surface area contributed by atoms with Crippen molar-refractivity contribution >= 4 is 17.8 Å². The first-order valence-corrected chi connectivity index (χ1v) is 8.66. The molecular formula is C19H26N2O5. The molecule has 1 aliphatic heterocycles. The molecule has 0 spiro atoms. The van der Waals surface area contributed by atoms with Gasteiger partial charge in [-0.05, 0) is 37.1 Å². The van der Waals surface area contributed by atoms with Gasteiger partial charge in [0.1, 0.15) is 5.75 Å². The summed E-state index contributed by atoms with van der Waals surface area (Å²) in [6, 6.07) is 3.72. The summed E-state index contributed by atoms with van der Waals surface area (Å²) in [6.07, 6.45) is 0.218. The largest absolute Gasteiger partial charge is 0.496 e. The molecular weight excluding hydrogens is 336 g/mol. The van der Waals surface area contributed by atoms with E-state index in [-0.39, 0.29) is 24.7 Å². The van der Waals surface area contributed by atoms with Gasteiger partial charge in [-0.1, -0.05) is 0 Å². The van der Waals surface area contributed by atoms with Crippen LogP contribution in [0, 0.1) is 13.8 Å². The second-order valence-corrected chi connectivity index (χ2v) is 6.39. The minimum atomic E-state index is -0.391. The Morgan fingerprint density at radius 3 is 2.12 bits per heavy atom. The molecule has 142 valence electrons. The van der Waals surface area contributed by atoms with Gasteiger partial charge in [-0.2, -0.15) is 0 Å². The number of carbonyl (C=O) groups excluding carboxylic acids is 3. The first-order valence-electron chi connectivity index (χ1n) is 8.66. The molecule has 2 rings (SSSR count). The Balaban J connectivity index is 1.95. The standard InChI is InChI=1S/C19H26N2O5/c1-13-12-16(25-3)14(2)11-15(13)19(24)21-9-7-20(8-10-21)17(22)5-6-18(23)26-4/h11-12H,5-10H2,1-4H3. The molecule has 0 unspecified atom stereocenters. The molecule has 1 aromatic carbocycles. The number of ether oxygens (including phenoxy) is 2. The van der Waals surface area contributed by atoms with E-state index < -0.39 is 5.97 Å². The van der Waals surface area contributed by atoms with Gasteiger partial charge in [0.2, 0.25) is 5.91 Å². The normalized spacial score (nSPS) is 14.2. The van der Waals surface area contributed by atoms with Crippen molar-refractivity contribution in [1.29, 1.82) is 0 Å². The monoisotopic (exact) mass is 362 g/mol. The van der Waals surface area contributed by atoms with E-state index in [4.69, 9.17) is 4.74 Å². The zero-order valence-corrected chi connectivity index (χ0v) is 15.8. The van der Waals surface area contributed by atoms with Crippen molar-refractivity contribution in [3.63, 3.8) is 0 Å². The minimum absolute atomic E-state index is 0.0325. The predicted molar refractivity (Wildman–Crippen MR) is 96.2 cm³/mol. The van der Waals surface area contributed by atoms with E-state index >= 15 is 0 Å². The van der Waals surface area contributed by atoms with Crippen LogP contribution >= 0.6 is 0 Å². The highest BCUT2D eigenvalue weighted by Crippen LogP contribution is 2.24. The molecule has 0 radical (unpaired) electrons. The second kappa shape index (κ2) is 8.69. The Morgan fingerprint density at radius 1 is 0.923 bits per heavy atom. The van der Waals surface area contributed by atoms with Crippen LogP contribution in [0.15, 0.2) is 12.1 Å². The second-order valence-electron chi connectivity index (χ2n) is 6.39. The third kappa shape index (κ3) is 4.53. The van der Waals surface area contributed by atoms with Crippen LogP contribution in [-0.2, 0) is 14.3 Å². The topological polar surface area (TPSA) is 76.2 Å². The fourth-order valence-corrected chi connectivity index (χ4v) is 3.04. The Hall–Kier alpha value is -2.57. The van der Waals surface area contributed by atoms with Gasteiger partial charge in [0.25, 0.3) is 5.91 Å². The molecule has 0 aromatic heterocycles. The molecule has 0 atom stereocenters. The summed E-state index contributed by atoms with van der Waals surface area (Å²) < 4.78 is 9.84. The van der Waals surface area contributed by atoms with Gasteiger partial charge in [-0.15, -0.1) is 0 Å². The van der Waals surface area contributed by atoms with E-state index in [1.807, 2.05) is 26.0 Å².